The zero-order chi connectivity index (χ0) is 17.0. The molecule has 0 aliphatic heterocycles. The van der Waals surface area contributed by atoms with E-state index in [1.165, 1.54) is 6.26 Å². The van der Waals surface area contributed by atoms with Gasteiger partial charge >= 0.3 is 6.03 Å². The van der Waals surface area contributed by atoms with Gasteiger partial charge in [-0.15, -0.1) is 0 Å². The highest BCUT2D eigenvalue weighted by Gasteiger charge is 2.26. The molecule has 0 saturated carbocycles. The smallest absolute Gasteiger partial charge is 0.315 e. The van der Waals surface area contributed by atoms with Crippen LogP contribution in [0.15, 0.2) is 59.3 Å². The number of furan rings is 1. The summed E-state index contributed by atoms with van der Waals surface area (Å²) >= 11 is 0. The summed E-state index contributed by atoms with van der Waals surface area (Å²) in [5.74, 6) is 0.404. The molecule has 6 nitrogen and oxygen atoms in total. The van der Waals surface area contributed by atoms with Crippen molar-refractivity contribution in [3.05, 3.63) is 66.2 Å². The molecule has 24 heavy (non-hydrogen) atoms. The Morgan fingerprint density at radius 3 is 2.83 bits per heavy atom. The number of nitrogens with one attached hydrogen (secondary N) is 2. The number of amides is 2. The quantitative estimate of drug-likeness (QED) is 0.673. The minimum Gasteiger partial charge on any atom is -0.466 e. The van der Waals surface area contributed by atoms with Crippen molar-refractivity contribution >= 4 is 16.9 Å². The van der Waals surface area contributed by atoms with Gasteiger partial charge in [-0.3, -0.25) is 4.98 Å². The van der Waals surface area contributed by atoms with Crippen molar-refractivity contribution in [2.45, 2.75) is 19.1 Å². The van der Waals surface area contributed by atoms with Gasteiger partial charge in [0.25, 0.3) is 0 Å². The number of aliphatic hydroxyl groups is 1. The summed E-state index contributed by atoms with van der Waals surface area (Å²) in [6, 6.07) is 12.7. The monoisotopic (exact) mass is 325 g/mol. The molecule has 3 rings (SSSR count). The van der Waals surface area contributed by atoms with Crippen LogP contribution in [0.1, 0.15) is 18.2 Å². The predicted octanol–water partition coefficient (Wildman–Crippen LogP) is 2.53. The first-order valence-corrected chi connectivity index (χ1v) is 7.67. The number of hydrogen-bond donors (Lipinski definition) is 3. The lowest BCUT2D eigenvalue weighted by atomic mass is 10.0. The molecule has 2 amide bonds. The Kier molecular flexibility index (Phi) is 4.48. The van der Waals surface area contributed by atoms with Crippen LogP contribution < -0.4 is 10.6 Å². The largest absolute Gasteiger partial charge is 0.466 e. The van der Waals surface area contributed by atoms with Crippen LogP contribution in [-0.4, -0.2) is 22.7 Å². The lowest BCUT2D eigenvalue weighted by Gasteiger charge is -2.21. The van der Waals surface area contributed by atoms with Crippen molar-refractivity contribution in [2.24, 2.45) is 0 Å². The number of urea groups is 1. The molecule has 0 spiro atoms. The molecule has 0 saturated heterocycles. The second-order valence-corrected chi connectivity index (χ2v) is 5.78. The fourth-order valence-electron chi connectivity index (χ4n) is 2.47. The number of aromatic nitrogens is 1. The fourth-order valence-corrected chi connectivity index (χ4v) is 2.47. The Balaban J connectivity index is 1.58. The lowest BCUT2D eigenvalue weighted by molar-refractivity contribution is 0.0367. The van der Waals surface area contributed by atoms with Crippen LogP contribution >= 0.6 is 0 Å². The number of carbonyl (C=O) groups is 1. The van der Waals surface area contributed by atoms with E-state index in [4.69, 9.17) is 4.42 Å². The van der Waals surface area contributed by atoms with Gasteiger partial charge in [-0.2, -0.15) is 0 Å². The highest BCUT2D eigenvalue weighted by Crippen LogP contribution is 2.19. The Bertz CT molecular complexity index is 823. The Labute approximate surface area is 139 Å². The second kappa shape index (κ2) is 6.72. The standard InChI is InChI=1S/C18H19N3O3/c1-18(23,15-8-4-10-24-15)12-21-17(22)20-11-14-6-2-5-13-7-3-9-19-16(13)14/h2-10,23H,11-12H2,1H3,(H2,20,21,22)/t18-/m0/s1. The van der Waals surface area contributed by atoms with E-state index in [-0.39, 0.29) is 12.6 Å². The van der Waals surface area contributed by atoms with Gasteiger partial charge in [-0.1, -0.05) is 24.3 Å². The lowest BCUT2D eigenvalue weighted by Crippen LogP contribution is -2.43. The third-order valence-corrected chi connectivity index (χ3v) is 3.80. The number of rotatable bonds is 5. The van der Waals surface area contributed by atoms with Gasteiger partial charge in [0.15, 0.2) is 0 Å². The average molecular weight is 325 g/mol. The van der Waals surface area contributed by atoms with Gasteiger partial charge < -0.3 is 20.2 Å². The molecule has 6 heteroatoms. The first kappa shape index (κ1) is 16.0. The molecule has 0 bridgehead atoms. The molecule has 1 atom stereocenters. The van der Waals surface area contributed by atoms with E-state index in [9.17, 15) is 9.90 Å². The second-order valence-electron chi connectivity index (χ2n) is 5.78. The number of benzene rings is 1. The van der Waals surface area contributed by atoms with Crippen LogP contribution in [0.3, 0.4) is 0 Å². The van der Waals surface area contributed by atoms with Gasteiger partial charge in [0.2, 0.25) is 0 Å². The normalized spacial score (nSPS) is 13.4. The summed E-state index contributed by atoms with van der Waals surface area (Å²) < 4.78 is 5.18. The maximum Gasteiger partial charge on any atom is 0.315 e. The van der Waals surface area contributed by atoms with Crippen LogP contribution in [0.5, 0.6) is 0 Å². The molecule has 0 aliphatic rings. The molecule has 0 aliphatic carbocycles. The summed E-state index contributed by atoms with van der Waals surface area (Å²) in [6.07, 6.45) is 3.21. The van der Waals surface area contributed by atoms with Crippen molar-refractivity contribution in [3.8, 4) is 0 Å². The molecule has 3 aromatic rings. The van der Waals surface area contributed by atoms with E-state index in [1.54, 1.807) is 25.3 Å². The third kappa shape index (κ3) is 3.55. The van der Waals surface area contributed by atoms with Crippen LogP contribution in [0, 0.1) is 0 Å². The van der Waals surface area contributed by atoms with Crippen LogP contribution in [0.25, 0.3) is 10.9 Å². The van der Waals surface area contributed by atoms with Crippen molar-refractivity contribution in [3.63, 3.8) is 0 Å². The molecular formula is C18H19N3O3. The first-order chi connectivity index (χ1) is 11.6. The minimum atomic E-state index is -1.26. The SMILES string of the molecule is C[C@](O)(CNC(=O)NCc1cccc2cccnc12)c1ccco1. The summed E-state index contributed by atoms with van der Waals surface area (Å²) in [4.78, 5) is 16.3. The number of nitrogens with zero attached hydrogens (tertiary/aromatic N) is 1. The Morgan fingerprint density at radius 2 is 2.04 bits per heavy atom. The van der Waals surface area contributed by atoms with Gasteiger partial charge in [0.1, 0.15) is 11.4 Å². The van der Waals surface area contributed by atoms with Crippen LogP contribution in [-0.2, 0) is 12.1 Å². The van der Waals surface area contributed by atoms with E-state index in [0.717, 1.165) is 16.5 Å². The Hall–Kier alpha value is -2.86. The maximum absolute atomic E-state index is 12.0. The van der Waals surface area contributed by atoms with Crippen molar-refractivity contribution in [2.75, 3.05) is 6.54 Å². The zero-order valence-electron chi connectivity index (χ0n) is 13.3. The third-order valence-electron chi connectivity index (χ3n) is 3.80. The molecular weight excluding hydrogens is 306 g/mol. The van der Waals surface area contributed by atoms with Gasteiger partial charge in [-0.25, -0.2) is 4.79 Å². The summed E-state index contributed by atoms with van der Waals surface area (Å²) in [7, 11) is 0. The number of hydrogen-bond acceptors (Lipinski definition) is 4. The molecule has 0 fully saturated rings. The van der Waals surface area contributed by atoms with E-state index in [1.807, 2.05) is 30.3 Å². The van der Waals surface area contributed by atoms with Crippen LogP contribution in [0.2, 0.25) is 0 Å². The van der Waals surface area contributed by atoms with Crippen molar-refractivity contribution in [1.82, 2.24) is 15.6 Å². The summed E-state index contributed by atoms with van der Waals surface area (Å²) in [6.45, 7) is 1.98. The molecule has 2 aromatic heterocycles. The summed E-state index contributed by atoms with van der Waals surface area (Å²) in [5.41, 5.74) is 0.533. The van der Waals surface area contributed by atoms with Crippen molar-refractivity contribution < 1.29 is 14.3 Å². The molecule has 0 radical (unpaired) electrons. The number of fused-ring (bicyclic) bond motifs is 1. The van der Waals surface area contributed by atoms with E-state index < -0.39 is 5.60 Å². The summed E-state index contributed by atoms with van der Waals surface area (Å²) in [5, 5.41) is 16.8. The highest BCUT2D eigenvalue weighted by atomic mass is 16.4. The zero-order valence-corrected chi connectivity index (χ0v) is 13.3. The average Bonchev–Trinajstić information content (AvgIpc) is 3.14. The van der Waals surface area contributed by atoms with Gasteiger partial charge in [0, 0.05) is 18.1 Å². The first-order valence-electron chi connectivity index (χ1n) is 7.67. The molecule has 3 N–H and O–H groups in total. The fraction of sp³-hybridized carbons (Fsp3) is 0.222. The van der Waals surface area contributed by atoms with Crippen molar-refractivity contribution in [1.29, 1.82) is 0 Å². The topological polar surface area (TPSA) is 87.4 Å². The highest BCUT2D eigenvalue weighted by molar-refractivity contribution is 5.82. The minimum absolute atomic E-state index is 0.0418. The molecule has 1 aromatic carbocycles. The van der Waals surface area contributed by atoms with Crippen LogP contribution in [0.4, 0.5) is 4.79 Å². The predicted molar refractivity (Wildman–Crippen MR) is 90.3 cm³/mol. The maximum atomic E-state index is 12.0. The number of pyridine rings is 1. The Morgan fingerprint density at radius 1 is 1.21 bits per heavy atom. The van der Waals surface area contributed by atoms with E-state index in [2.05, 4.69) is 15.6 Å². The molecule has 124 valence electrons. The molecule has 2 heterocycles. The number of para-hydroxylation sites is 1. The van der Waals surface area contributed by atoms with E-state index in [0.29, 0.717) is 12.3 Å². The molecule has 0 unspecified atom stereocenters. The van der Waals surface area contributed by atoms with E-state index >= 15 is 0 Å². The number of carbonyl (C=O) groups excluding carboxylic acids is 1. The van der Waals surface area contributed by atoms with Gasteiger partial charge in [0.05, 0.1) is 18.3 Å². The van der Waals surface area contributed by atoms with Gasteiger partial charge in [-0.05, 0) is 30.7 Å².